The summed E-state index contributed by atoms with van der Waals surface area (Å²) in [6.45, 7) is 4.94. The summed E-state index contributed by atoms with van der Waals surface area (Å²) in [5, 5.41) is 18.3. The predicted molar refractivity (Wildman–Crippen MR) is 55.2 cm³/mol. The number of carbonyl (C=O) groups is 1. The minimum atomic E-state index is -0.903. The normalized spacial score (nSPS) is 17.1. The first-order chi connectivity index (χ1) is 6.40. The van der Waals surface area contributed by atoms with Gasteiger partial charge in [-0.1, -0.05) is 6.92 Å². The second-order valence-corrected chi connectivity index (χ2v) is 4.69. The smallest absolute Gasteiger partial charge is 0.316 e. The fraction of sp³-hybridized carbons (Fsp3) is 0.875. The van der Waals surface area contributed by atoms with E-state index in [1.54, 1.807) is 13.8 Å². The standard InChI is InChI=1S/C8H15NO4S/c1-4-7(8(10)11)14-6(3)5(2)9(12)13/h5-7H,4H2,1-3H3,(H,10,11). The van der Waals surface area contributed by atoms with Gasteiger partial charge in [-0.15, -0.1) is 11.8 Å². The monoisotopic (exact) mass is 221 g/mol. The topological polar surface area (TPSA) is 80.4 Å². The van der Waals surface area contributed by atoms with Crippen molar-refractivity contribution < 1.29 is 14.8 Å². The fourth-order valence-corrected chi connectivity index (χ4v) is 2.03. The van der Waals surface area contributed by atoms with Crippen molar-refractivity contribution in [2.75, 3.05) is 0 Å². The van der Waals surface area contributed by atoms with Crippen LogP contribution in [0.4, 0.5) is 0 Å². The predicted octanol–water partition coefficient (Wildman–Crippen LogP) is 1.64. The number of aliphatic carboxylic acids is 1. The summed E-state index contributed by atoms with van der Waals surface area (Å²) in [4.78, 5) is 20.7. The molecule has 0 spiro atoms. The molecule has 5 nitrogen and oxygen atoms in total. The average molecular weight is 221 g/mol. The van der Waals surface area contributed by atoms with Gasteiger partial charge < -0.3 is 5.11 Å². The van der Waals surface area contributed by atoms with Crippen LogP contribution in [0.2, 0.25) is 0 Å². The van der Waals surface area contributed by atoms with E-state index in [-0.39, 0.29) is 10.2 Å². The van der Waals surface area contributed by atoms with E-state index in [9.17, 15) is 14.9 Å². The van der Waals surface area contributed by atoms with E-state index in [1.165, 1.54) is 6.92 Å². The molecule has 0 saturated carbocycles. The Kier molecular flexibility index (Phi) is 5.52. The lowest BCUT2D eigenvalue weighted by atomic mass is 10.3. The van der Waals surface area contributed by atoms with Gasteiger partial charge in [0.05, 0.1) is 5.25 Å². The van der Waals surface area contributed by atoms with Gasteiger partial charge in [0.1, 0.15) is 5.25 Å². The van der Waals surface area contributed by atoms with Gasteiger partial charge in [-0.2, -0.15) is 0 Å². The Morgan fingerprint density at radius 3 is 2.36 bits per heavy atom. The Morgan fingerprint density at radius 1 is 1.57 bits per heavy atom. The third-order valence-electron chi connectivity index (χ3n) is 2.04. The molecule has 0 fully saturated rings. The molecule has 0 aromatic heterocycles. The molecule has 0 aliphatic carbocycles. The molecule has 1 N–H and O–H groups in total. The molecule has 14 heavy (non-hydrogen) atoms. The van der Waals surface area contributed by atoms with E-state index in [2.05, 4.69) is 0 Å². The molecule has 0 heterocycles. The largest absolute Gasteiger partial charge is 0.480 e. The van der Waals surface area contributed by atoms with Gasteiger partial charge in [-0.3, -0.25) is 14.9 Å². The van der Waals surface area contributed by atoms with Gasteiger partial charge in [0.25, 0.3) is 0 Å². The molecule has 0 amide bonds. The lowest BCUT2D eigenvalue weighted by Gasteiger charge is -2.16. The van der Waals surface area contributed by atoms with E-state index < -0.39 is 17.3 Å². The van der Waals surface area contributed by atoms with Crippen molar-refractivity contribution in [2.45, 2.75) is 43.7 Å². The molecule has 0 aliphatic heterocycles. The van der Waals surface area contributed by atoms with Crippen LogP contribution < -0.4 is 0 Å². The third-order valence-corrected chi connectivity index (χ3v) is 3.72. The second-order valence-electron chi connectivity index (χ2n) is 3.10. The highest BCUT2D eigenvalue weighted by atomic mass is 32.2. The maximum Gasteiger partial charge on any atom is 0.316 e. The Hall–Kier alpha value is -0.780. The molecule has 0 aromatic rings. The number of hydrogen-bond acceptors (Lipinski definition) is 4. The van der Waals surface area contributed by atoms with Gasteiger partial charge in [0.2, 0.25) is 6.04 Å². The van der Waals surface area contributed by atoms with Crippen molar-refractivity contribution in [3.63, 3.8) is 0 Å². The third kappa shape index (κ3) is 3.95. The summed E-state index contributed by atoms with van der Waals surface area (Å²) in [5.41, 5.74) is 0. The number of carboxylic acids is 1. The van der Waals surface area contributed by atoms with Crippen LogP contribution in [0.3, 0.4) is 0 Å². The van der Waals surface area contributed by atoms with Crippen molar-refractivity contribution in [3.8, 4) is 0 Å². The van der Waals surface area contributed by atoms with Crippen LogP contribution >= 0.6 is 11.8 Å². The summed E-state index contributed by atoms with van der Waals surface area (Å²) < 4.78 is 0. The number of nitro groups is 1. The van der Waals surface area contributed by atoms with E-state index in [0.717, 1.165) is 11.8 Å². The lowest BCUT2D eigenvalue weighted by Crippen LogP contribution is -2.29. The maximum atomic E-state index is 10.7. The minimum Gasteiger partial charge on any atom is -0.480 e. The van der Waals surface area contributed by atoms with Crippen molar-refractivity contribution in [2.24, 2.45) is 0 Å². The van der Waals surface area contributed by atoms with Crippen molar-refractivity contribution >= 4 is 17.7 Å². The summed E-state index contributed by atoms with van der Waals surface area (Å²) in [5.74, 6) is -0.903. The lowest BCUT2D eigenvalue weighted by molar-refractivity contribution is -0.516. The van der Waals surface area contributed by atoms with Crippen LogP contribution in [0.5, 0.6) is 0 Å². The number of nitrogens with zero attached hydrogens (tertiary/aromatic N) is 1. The highest BCUT2D eigenvalue weighted by molar-refractivity contribution is 8.01. The molecular weight excluding hydrogens is 206 g/mol. The van der Waals surface area contributed by atoms with E-state index in [1.807, 2.05) is 0 Å². The molecule has 82 valence electrons. The maximum absolute atomic E-state index is 10.7. The zero-order valence-corrected chi connectivity index (χ0v) is 9.28. The Balaban J connectivity index is 4.21. The first-order valence-corrected chi connectivity index (χ1v) is 5.36. The molecule has 0 bridgehead atoms. The molecule has 0 aliphatic rings. The summed E-state index contributed by atoms with van der Waals surface area (Å²) >= 11 is 1.15. The van der Waals surface area contributed by atoms with Crippen LogP contribution in [0, 0.1) is 10.1 Å². The molecule has 0 aromatic carbocycles. The minimum absolute atomic E-state index is 0.286. The quantitative estimate of drug-likeness (QED) is 0.544. The van der Waals surface area contributed by atoms with Gasteiger partial charge in [-0.25, -0.2) is 0 Å². The summed E-state index contributed by atoms with van der Waals surface area (Å²) in [6.07, 6.45) is 0.481. The van der Waals surface area contributed by atoms with Crippen molar-refractivity contribution in [3.05, 3.63) is 10.1 Å². The van der Waals surface area contributed by atoms with E-state index >= 15 is 0 Å². The SMILES string of the molecule is CCC(SC(C)C(C)[N+](=O)[O-])C(=O)O. The molecule has 0 rings (SSSR count). The molecule has 0 radical (unpaired) electrons. The number of rotatable bonds is 6. The van der Waals surface area contributed by atoms with Crippen molar-refractivity contribution in [1.82, 2.24) is 0 Å². The Bertz CT molecular complexity index is 221. The van der Waals surface area contributed by atoms with Gasteiger partial charge in [0.15, 0.2) is 0 Å². The highest BCUT2D eigenvalue weighted by Gasteiger charge is 2.28. The molecule has 3 atom stereocenters. The fourth-order valence-electron chi connectivity index (χ4n) is 0.873. The van der Waals surface area contributed by atoms with Gasteiger partial charge in [0, 0.05) is 11.8 Å². The Morgan fingerprint density at radius 2 is 2.07 bits per heavy atom. The molecule has 3 unspecified atom stereocenters. The van der Waals surface area contributed by atoms with Crippen molar-refractivity contribution in [1.29, 1.82) is 0 Å². The van der Waals surface area contributed by atoms with Crippen LogP contribution in [0.15, 0.2) is 0 Å². The van der Waals surface area contributed by atoms with Crippen LogP contribution in [-0.4, -0.2) is 32.5 Å². The highest BCUT2D eigenvalue weighted by Crippen LogP contribution is 2.23. The van der Waals surface area contributed by atoms with Crippen LogP contribution in [0.25, 0.3) is 0 Å². The van der Waals surface area contributed by atoms with E-state index in [0.29, 0.717) is 6.42 Å². The van der Waals surface area contributed by atoms with Gasteiger partial charge in [-0.05, 0) is 13.3 Å². The second kappa shape index (κ2) is 5.85. The average Bonchev–Trinajstić information content (AvgIpc) is 2.11. The molecule has 0 saturated heterocycles. The van der Waals surface area contributed by atoms with Gasteiger partial charge >= 0.3 is 5.97 Å². The number of hydrogen-bond donors (Lipinski definition) is 1. The first-order valence-electron chi connectivity index (χ1n) is 4.41. The van der Waals surface area contributed by atoms with Crippen LogP contribution in [-0.2, 0) is 4.79 Å². The number of thioether (sulfide) groups is 1. The summed E-state index contributed by atoms with van der Waals surface area (Å²) in [6, 6.07) is -0.714. The van der Waals surface area contributed by atoms with E-state index in [4.69, 9.17) is 5.11 Å². The zero-order chi connectivity index (χ0) is 11.3. The first kappa shape index (κ1) is 13.2. The molecule has 6 heteroatoms. The summed E-state index contributed by atoms with van der Waals surface area (Å²) in [7, 11) is 0. The Labute approximate surface area is 87.0 Å². The zero-order valence-electron chi connectivity index (χ0n) is 8.47. The van der Waals surface area contributed by atoms with Crippen LogP contribution in [0.1, 0.15) is 27.2 Å². The number of carboxylic acid groups (broad SMARTS) is 1. The molecular formula is C8H15NO4S.